The number of hydrogen-bond acceptors (Lipinski definition) is 5. The van der Waals surface area contributed by atoms with Crippen LogP contribution in [0.5, 0.6) is 0 Å². The topological polar surface area (TPSA) is 85.2 Å². The van der Waals surface area contributed by atoms with Gasteiger partial charge in [-0.05, 0) is 12.1 Å². The molecule has 84 valence electrons. The molecule has 17 heavy (non-hydrogen) atoms. The predicted octanol–water partition coefficient (Wildman–Crippen LogP) is 0.506. The molecule has 0 amide bonds. The molecule has 0 aliphatic heterocycles. The Morgan fingerprint density at radius 3 is 3.06 bits per heavy atom. The van der Waals surface area contributed by atoms with E-state index in [0.29, 0.717) is 12.4 Å². The van der Waals surface area contributed by atoms with Gasteiger partial charge in [0.25, 0.3) is 0 Å². The first-order chi connectivity index (χ1) is 8.42. The molecule has 0 unspecified atom stereocenters. The van der Waals surface area contributed by atoms with Gasteiger partial charge in [0.1, 0.15) is 25.0 Å². The summed E-state index contributed by atoms with van der Waals surface area (Å²) in [6.45, 7) is 0.521. The minimum atomic E-state index is 0.521. The summed E-state index contributed by atoms with van der Waals surface area (Å²) in [5.74, 6) is 1.36. The highest BCUT2D eigenvalue weighted by molar-refractivity contribution is 5.52. The molecular weight excluding hydrogens is 218 g/mol. The number of nitrogens with one attached hydrogen (secondary N) is 1. The minimum absolute atomic E-state index is 0.521. The van der Waals surface area contributed by atoms with Crippen LogP contribution in [0.4, 0.5) is 0 Å². The summed E-state index contributed by atoms with van der Waals surface area (Å²) in [6.07, 6.45) is 6.56. The van der Waals surface area contributed by atoms with Gasteiger partial charge in [0.2, 0.25) is 0 Å². The van der Waals surface area contributed by atoms with Crippen molar-refractivity contribution in [3.05, 3.63) is 43.0 Å². The van der Waals surface area contributed by atoms with Crippen molar-refractivity contribution < 1.29 is 0 Å². The first-order valence-corrected chi connectivity index (χ1v) is 5.06. The van der Waals surface area contributed by atoms with E-state index in [1.54, 1.807) is 23.4 Å². The maximum absolute atomic E-state index is 4.36. The molecule has 1 N–H and O–H groups in total. The summed E-state index contributed by atoms with van der Waals surface area (Å²) in [5.41, 5.74) is 0.883. The Morgan fingerprint density at radius 1 is 1.29 bits per heavy atom. The fraction of sp³-hybridized carbons (Fsp3) is 0.100. The Kier molecular flexibility index (Phi) is 2.34. The molecule has 0 saturated carbocycles. The van der Waals surface area contributed by atoms with Gasteiger partial charge in [0.15, 0.2) is 5.82 Å². The van der Waals surface area contributed by atoms with Crippen LogP contribution in [0.3, 0.4) is 0 Å². The molecule has 0 saturated heterocycles. The van der Waals surface area contributed by atoms with Crippen molar-refractivity contribution in [1.82, 2.24) is 34.9 Å². The zero-order chi connectivity index (χ0) is 11.5. The van der Waals surface area contributed by atoms with Crippen LogP contribution < -0.4 is 0 Å². The Balaban J connectivity index is 1.84. The van der Waals surface area contributed by atoms with E-state index < -0.39 is 0 Å². The first kappa shape index (κ1) is 9.64. The van der Waals surface area contributed by atoms with E-state index in [0.717, 1.165) is 11.4 Å². The largest absolute Gasteiger partial charge is 0.264 e. The molecule has 0 aliphatic rings. The SMILES string of the molecule is c1cncc(-c2n[nH]c(Cn3cncn3)n2)c1. The number of nitrogens with zero attached hydrogens (tertiary/aromatic N) is 6. The maximum atomic E-state index is 4.36. The third kappa shape index (κ3) is 2.03. The van der Waals surface area contributed by atoms with Gasteiger partial charge in [-0.3, -0.25) is 10.1 Å². The molecule has 0 bridgehead atoms. The van der Waals surface area contributed by atoms with Gasteiger partial charge in [-0.1, -0.05) is 0 Å². The molecular formula is C10H9N7. The third-order valence-corrected chi connectivity index (χ3v) is 2.23. The number of aromatic nitrogens is 7. The lowest BCUT2D eigenvalue weighted by Gasteiger charge is -1.94. The Morgan fingerprint density at radius 2 is 2.29 bits per heavy atom. The number of rotatable bonds is 3. The second-order valence-corrected chi connectivity index (χ2v) is 3.44. The second-order valence-electron chi connectivity index (χ2n) is 3.44. The monoisotopic (exact) mass is 227 g/mol. The van der Waals surface area contributed by atoms with Gasteiger partial charge >= 0.3 is 0 Å². The lowest BCUT2D eigenvalue weighted by Crippen LogP contribution is -2.01. The Labute approximate surface area is 96.6 Å². The number of aromatic amines is 1. The standard InChI is InChI=1S/C10H9N7/c1-2-8(4-11-3-1)10-14-9(15-16-10)5-17-7-12-6-13-17/h1-4,6-7H,5H2,(H,14,15,16). The quantitative estimate of drug-likeness (QED) is 0.704. The van der Waals surface area contributed by atoms with Crippen LogP contribution in [0.2, 0.25) is 0 Å². The predicted molar refractivity (Wildman–Crippen MR) is 58.7 cm³/mol. The molecule has 0 atom stereocenters. The van der Waals surface area contributed by atoms with Crippen molar-refractivity contribution in [2.45, 2.75) is 6.54 Å². The van der Waals surface area contributed by atoms with Crippen molar-refractivity contribution in [3.8, 4) is 11.4 Å². The van der Waals surface area contributed by atoms with Crippen molar-refractivity contribution in [1.29, 1.82) is 0 Å². The van der Waals surface area contributed by atoms with Crippen LogP contribution in [-0.4, -0.2) is 34.9 Å². The Hall–Kier alpha value is -2.57. The molecule has 3 aromatic rings. The highest BCUT2D eigenvalue weighted by Crippen LogP contribution is 2.11. The summed E-state index contributed by atoms with van der Waals surface area (Å²) in [7, 11) is 0. The number of hydrogen-bond donors (Lipinski definition) is 1. The van der Waals surface area contributed by atoms with Crippen molar-refractivity contribution in [3.63, 3.8) is 0 Å². The van der Waals surface area contributed by atoms with Crippen molar-refractivity contribution >= 4 is 0 Å². The fourth-order valence-electron chi connectivity index (χ4n) is 1.46. The van der Waals surface area contributed by atoms with E-state index >= 15 is 0 Å². The average molecular weight is 227 g/mol. The maximum Gasteiger partial charge on any atom is 0.182 e. The van der Waals surface area contributed by atoms with Gasteiger partial charge in [0, 0.05) is 18.0 Å². The van der Waals surface area contributed by atoms with E-state index in [1.165, 1.54) is 6.33 Å². The van der Waals surface area contributed by atoms with Crippen LogP contribution in [0, 0.1) is 0 Å². The van der Waals surface area contributed by atoms with Gasteiger partial charge in [0.05, 0.1) is 0 Å². The molecule has 3 rings (SSSR count). The lowest BCUT2D eigenvalue weighted by atomic mass is 10.3. The first-order valence-electron chi connectivity index (χ1n) is 5.06. The summed E-state index contributed by atoms with van der Waals surface area (Å²) < 4.78 is 1.67. The van der Waals surface area contributed by atoms with Gasteiger partial charge < -0.3 is 0 Å². The minimum Gasteiger partial charge on any atom is -0.264 e. The molecule has 0 radical (unpaired) electrons. The number of H-pyrrole nitrogens is 1. The zero-order valence-electron chi connectivity index (χ0n) is 8.85. The summed E-state index contributed by atoms with van der Waals surface area (Å²) in [5, 5.41) is 11.0. The van der Waals surface area contributed by atoms with Gasteiger partial charge in [-0.15, -0.1) is 0 Å². The van der Waals surface area contributed by atoms with Gasteiger partial charge in [-0.2, -0.15) is 10.2 Å². The van der Waals surface area contributed by atoms with Gasteiger partial charge in [-0.25, -0.2) is 14.6 Å². The van der Waals surface area contributed by atoms with Crippen LogP contribution in [0.1, 0.15) is 5.82 Å². The summed E-state index contributed by atoms with van der Waals surface area (Å²) in [4.78, 5) is 12.2. The average Bonchev–Trinajstić information content (AvgIpc) is 3.02. The van der Waals surface area contributed by atoms with Crippen LogP contribution in [0.15, 0.2) is 37.2 Å². The lowest BCUT2D eigenvalue weighted by molar-refractivity contribution is 0.656. The second kappa shape index (κ2) is 4.12. The van der Waals surface area contributed by atoms with Crippen LogP contribution in [0.25, 0.3) is 11.4 Å². The third-order valence-electron chi connectivity index (χ3n) is 2.23. The van der Waals surface area contributed by atoms with Crippen LogP contribution in [-0.2, 0) is 6.54 Å². The van der Waals surface area contributed by atoms with E-state index in [1.807, 2.05) is 12.1 Å². The van der Waals surface area contributed by atoms with Crippen molar-refractivity contribution in [2.24, 2.45) is 0 Å². The summed E-state index contributed by atoms with van der Waals surface area (Å²) in [6, 6.07) is 3.76. The molecule has 0 aromatic carbocycles. The molecule has 3 aromatic heterocycles. The smallest absolute Gasteiger partial charge is 0.182 e. The highest BCUT2D eigenvalue weighted by atomic mass is 15.3. The molecule has 0 fully saturated rings. The fourth-order valence-corrected chi connectivity index (χ4v) is 1.46. The van der Waals surface area contributed by atoms with Crippen LogP contribution >= 0.6 is 0 Å². The zero-order valence-corrected chi connectivity index (χ0v) is 8.85. The Bertz CT molecular complexity index is 584. The molecule has 3 heterocycles. The molecule has 7 heteroatoms. The molecule has 0 spiro atoms. The van der Waals surface area contributed by atoms with E-state index in [4.69, 9.17) is 0 Å². The number of pyridine rings is 1. The van der Waals surface area contributed by atoms with E-state index in [9.17, 15) is 0 Å². The van der Waals surface area contributed by atoms with Crippen molar-refractivity contribution in [2.75, 3.05) is 0 Å². The summed E-state index contributed by atoms with van der Waals surface area (Å²) >= 11 is 0. The normalized spacial score (nSPS) is 10.6. The van der Waals surface area contributed by atoms with E-state index in [2.05, 4.69) is 30.2 Å². The van der Waals surface area contributed by atoms with E-state index in [-0.39, 0.29) is 0 Å². The molecule has 0 aliphatic carbocycles. The molecule has 7 nitrogen and oxygen atoms in total. The highest BCUT2D eigenvalue weighted by Gasteiger charge is 2.06.